The standard InChI is InChI=1S/C35H38BrN3O5S/c1-25(2)37-35(41)33(22-27-9-6-5-7-10-27)38(23-28-11-8-12-29(36)21-28)34(40)24-39(30-15-17-31(44-4)18-16-30)45(42,43)32-19-13-26(3)14-20-32/h5-21,25,33H,22-24H2,1-4H3,(H,37,41)/t33-/m1/s1. The lowest BCUT2D eigenvalue weighted by atomic mass is 10.0. The minimum atomic E-state index is -4.19. The van der Waals surface area contributed by atoms with Crippen LogP contribution in [0.1, 0.15) is 30.5 Å². The molecule has 1 atom stereocenters. The highest BCUT2D eigenvalue weighted by molar-refractivity contribution is 9.10. The molecule has 0 unspecified atom stereocenters. The van der Waals surface area contributed by atoms with E-state index in [0.717, 1.165) is 25.5 Å². The quantitative estimate of drug-likeness (QED) is 0.182. The van der Waals surface area contributed by atoms with Gasteiger partial charge in [0.25, 0.3) is 10.0 Å². The summed E-state index contributed by atoms with van der Waals surface area (Å²) in [5, 5.41) is 2.97. The average molecular weight is 693 g/mol. The molecular weight excluding hydrogens is 654 g/mol. The van der Waals surface area contributed by atoms with Crippen LogP contribution in [0.4, 0.5) is 5.69 Å². The van der Waals surface area contributed by atoms with E-state index in [0.29, 0.717) is 11.4 Å². The number of carbonyl (C=O) groups excluding carboxylic acids is 2. The van der Waals surface area contributed by atoms with Crippen LogP contribution >= 0.6 is 15.9 Å². The fraction of sp³-hybridized carbons (Fsp3) is 0.257. The molecule has 0 heterocycles. The summed E-state index contributed by atoms with van der Waals surface area (Å²) < 4.78 is 35.5. The monoisotopic (exact) mass is 691 g/mol. The highest BCUT2D eigenvalue weighted by atomic mass is 79.9. The summed E-state index contributed by atoms with van der Waals surface area (Å²) in [5.74, 6) is -0.307. The predicted molar refractivity (Wildman–Crippen MR) is 181 cm³/mol. The van der Waals surface area contributed by atoms with E-state index in [1.165, 1.54) is 24.1 Å². The number of halogens is 1. The number of ether oxygens (including phenoxy) is 1. The third-order valence-corrected chi connectivity index (χ3v) is 9.47. The van der Waals surface area contributed by atoms with E-state index < -0.39 is 28.5 Å². The molecule has 0 spiro atoms. The summed E-state index contributed by atoms with van der Waals surface area (Å²) in [7, 11) is -2.66. The second-order valence-corrected chi connectivity index (χ2v) is 13.8. The van der Waals surface area contributed by atoms with Gasteiger partial charge in [0.1, 0.15) is 18.3 Å². The molecule has 0 bridgehead atoms. The number of amides is 2. The number of nitrogens with zero attached hydrogens (tertiary/aromatic N) is 2. The largest absolute Gasteiger partial charge is 0.497 e. The Morgan fingerprint density at radius 2 is 1.51 bits per heavy atom. The van der Waals surface area contributed by atoms with Gasteiger partial charge in [0.05, 0.1) is 17.7 Å². The third-order valence-electron chi connectivity index (χ3n) is 7.19. The molecule has 8 nitrogen and oxygen atoms in total. The van der Waals surface area contributed by atoms with E-state index in [-0.39, 0.29) is 29.8 Å². The maximum Gasteiger partial charge on any atom is 0.264 e. The second-order valence-electron chi connectivity index (χ2n) is 11.0. The number of methoxy groups -OCH3 is 1. The molecule has 0 aromatic heterocycles. The second kappa shape index (κ2) is 15.2. The number of anilines is 1. The number of sulfonamides is 1. The zero-order valence-corrected chi connectivity index (χ0v) is 28.2. The van der Waals surface area contributed by atoms with Crippen molar-refractivity contribution in [2.24, 2.45) is 0 Å². The first-order chi connectivity index (χ1) is 21.5. The molecular formula is C35H38BrN3O5S. The van der Waals surface area contributed by atoms with Gasteiger partial charge in [0, 0.05) is 23.5 Å². The Labute approximate surface area is 274 Å². The Hall–Kier alpha value is -4.15. The summed E-state index contributed by atoms with van der Waals surface area (Å²) in [6.07, 6.45) is 0.242. The Morgan fingerprint density at radius 1 is 0.867 bits per heavy atom. The van der Waals surface area contributed by atoms with Crippen LogP contribution in [0.15, 0.2) is 112 Å². The van der Waals surface area contributed by atoms with E-state index in [2.05, 4.69) is 21.2 Å². The number of aryl methyl sites for hydroxylation is 1. The van der Waals surface area contributed by atoms with Gasteiger partial charge < -0.3 is 15.0 Å². The molecule has 10 heteroatoms. The molecule has 1 N–H and O–H groups in total. The van der Waals surface area contributed by atoms with Crippen molar-refractivity contribution < 1.29 is 22.7 Å². The normalized spacial score (nSPS) is 12.0. The molecule has 4 rings (SSSR count). The zero-order chi connectivity index (χ0) is 32.6. The highest BCUT2D eigenvalue weighted by Crippen LogP contribution is 2.27. The lowest BCUT2D eigenvalue weighted by molar-refractivity contribution is -0.140. The van der Waals surface area contributed by atoms with Gasteiger partial charge in [0.15, 0.2) is 0 Å². The SMILES string of the molecule is COc1ccc(N(CC(=O)N(Cc2cccc(Br)c2)[C@H](Cc2ccccc2)C(=O)NC(C)C)S(=O)(=O)c2ccc(C)cc2)cc1. The molecule has 236 valence electrons. The van der Waals surface area contributed by atoms with Crippen molar-refractivity contribution in [3.63, 3.8) is 0 Å². The molecule has 0 aliphatic rings. The Balaban J connectivity index is 1.81. The predicted octanol–water partition coefficient (Wildman–Crippen LogP) is 6.13. The van der Waals surface area contributed by atoms with E-state index in [1.807, 2.05) is 75.4 Å². The van der Waals surface area contributed by atoms with E-state index in [1.54, 1.807) is 36.4 Å². The first-order valence-electron chi connectivity index (χ1n) is 14.6. The van der Waals surface area contributed by atoms with Crippen LogP contribution < -0.4 is 14.4 Å². The van der Waals surface area contributed by atoms with Crippen LogP contribution in [0, 0.1) is 6.92 Å². The van der Waals surface area contributed by atoms with Crippen LogP contribution in [0.5, 0.6) is 5.75 Å². The van der Waals surface area contributed by atoms with E-state index >= 15 is 0 Å². The first-order valence-corrected chi connectivity index (χ1v) is 16.8. The summed E-state index contributed by atoms with van der Waals surface area (Å²) in [6.45, 7) is 5.14. The molecule has 4 aromatic carbocycles. The summed E-state index contributed by atoms with van der Waals surface area (Å²) in [5.41, 5.74) is 2.85. The van der Waals surface area contributed by atoms with Gasteiger partial charge in [-0.25, -0.2) is 8.42 Å². The number of hydrogen-bond donors (Lipinski definition) is 1. The summed E-state index contributed by atoms with van der Waals surface area (Å²) >= 11 is 3.50. The van der Waals surface area contributed by atoms with Gasteiger partial charge in [-0.2, -0.15) is 0 Å². The Kier molecular flexibility index (Phi) is 11.4. The minimum Gasteiger partial charge on any atom is -0.497 e. The van der Waals surface area contributed by atoms with E-state index in [4.69, 9.17) is 4.74 Å². The molecule has 0 saturated carbocycles. The van der Waals surface area contributed by atoms with Crippen molar-refractivity contribution in [3.05, 3.63) is 124 Å². The van der Waals surface area contributed by atoms with Crippen molar-refractivity contribution >= 4 is 43.5 Å². The van der Waals surface area contributed by atoms with Gasteiger partial charge in [-0.1, -0.05) is 76.1 Å². The Bertz CT molecular complexity index is 1700. The molecule has 0 fully saturated rings. The van der Waals surface area contributed by atoms with Crippen LogP contribution in [-0.2, 0) is 32.6 Å². The number of hydrogen-bond acceptors (Lipinski definition) is 5. The van der Waals surface area contributed by atoms with Crippen LogP contribution in [0.2, 0.25) is 0 Å². The molecule has 0 saturated heterocycles. The van der Waals surface area contributed by atoms with Crippen LogP contribution in [-0.4, -0.2) is 50.9 Å². The van der Waals surface area contributed by atoms with Gasteiger partial charge in [-0.15, -0.1) is 0 Å². The van der Waals surface area contributed by atoms with Crippen molar-refractivity contribution in [1.29, 1.82) is 0 Å². The average Bonchev–Trinajstić information content (AvgIpc) is 3.02. The molecule has 45 heavy (non-hydrogen) atoms. The molecule has 0 radical (unpaired) electrons. The third kappa shape index (κ3) is 8.95. The van der Waals surface area contributed by atoms with Crippen molar-refractivity contribution in [3.8, 4) is 5.75 Å². The van der Waals surface area contributed by atoms with Crippen molar-refractivity contribution in [2.75, 3.05) is 18.0 Å². The number of nitrogens with one attached hydrogen (secondary N) is 1. The smallest absolute Gasteiger partial charge is 0.264 e. The molecule has 0 aliphatic carbocycles. The lowest BCUT2D eigenvalue weighted by Crippen LogP contribution is -2.54. The Morgan fingerprint density at radius 3 is 2.11 bits per heavy atom. The first kappa shape index (κ1) is 33.7. The zero-order valence-electron chi connectivity index (χ0n) is 25.8. The highest BCUT2D eigenvalue weighted by Gasteiger charge is 2.35. The fourth-order valence-corrected chi connectivity index (χ4v) is 6.74. The van der Waals surface area contributed by atoms with Gasteiger partial charge in [-0.3, -0.25) is 13.9 Å². The van der Waals surface area contributed by atoms with Crippen molar-refractivity contribution in [1.82, 2.24) is 10.2 Å². The number of carbonyl (C=O) groups is 2. The molecule has 0 aliphatic heterocycles. The van der Waals surface area contributed by atoms with Gasteiger partial charge in [-0.05, 0) is 80.4 Å². The summed E-state index contributed by atoms with van der Waals surface area (Å²) in [6, 6.07) is 28.8. The van der Waals surface area contributed by atoms with Gasteiger partial charge >= 0.3 is 0 Å². The van der Waals surface area contributed by atoms with Crippen LogP contribution in [0.3, 0.4) is 0 Å². The van der Waals surface area contributed by atoms with Crippen LogP contribution in [0.25, 0.3) is 0 Å². The fourth-order valence-electron chi connectivity index (χ4n) is 4.88. The number of rotatable bonds is 13. The number of benzene rings is 4. The van der Waals surface area contributed by atoms with E-state index in [9.17, 15) is 18.0 Å². The minimum absolute atomic E-state index is 0.0497. The molecule has 4 aromatic rings. The maximum atomic E-state index is 14.5. The summed E-state index contributed by atoms with van der Waals surface area (Å²) in [4.78, 5) is 29.8. The van der Waals surface area contributed by atoms with Crippen molar-refractivity contribution in [2.45, 2.75) is 50.7 Å². The maximum absolute atomic E-state index is 14.5. The van der Waals surface area contributed by atoms with Gasteiger partial charge in [0.2, 0.25) is 11.8 Å². The topological polar surface area (TPSA) is 96.0 Å². The molecule has 2 amide bonds. The lowest BCUT2D eigenvalue weighted by Gasteiger charge is -2.34.